The second kappa shape index (κ2) is 4.25. The van der Waals surface area contributed by atoms with Gasteiger partial charge >= 0.3 is 5.97 Å². The molecule has 1 heterocycles. The highest BCUT2D eigenvalue weighted by molar-refractivity contribution is 5.87. The summed E-state index contributed by atoms with van der Waals surface area (Å²) in [6, 6.07) is -0.581. The van der Waals surface area contributed by atoms with Crippen molar-refractivity contribution in [3.63, 3.8) is 0 Å². The van der Waals surface area contributed by atoms with Crippen LogP contribution in [0.15, 0.2) is 0 Å². The van der Waals surface area contributed by atoms with Gasteiger partial charge in [-0.25, -0.2) is 4.79 Å². The van der Waals surface area contributed by atoms with Gasteiger partial charge in [-0.2, -0.15) is 0 Å². The molecule has 2 saturated carbocycles. The van der Waals surface area contributed by atoms with Gasteiger partial charge in [0, 0.05) is 12.5 Å². The molecule has 18 heavy (non-hydrogen) atoms. The molecule has 4 atom stereocenters. The van der Waals surface area contributed by atoms with E-state index < -0.39 is 12.0 Å². The Labute approximate surface area is 107 Å². The quantitative estimate of drug-likeness (QED) is 0.813. The maximum Gasteiger partial charge on any atom is 0.326 e. The van der Waals surface area contributed by atoms with Crippen LogP contribution in [-0.4, -0.2) is 34.5 Å². The molecule has 100 valence electrons. The average molecular weight is 251 g/mol. The zero-order valence-electron chi connectivity index (χ0n) is 10.8. The highest BCUT2D eigenvalue weighted by Crippen LogP contribution is 2.58. The number of nitrogens with zero attached hydrogens (tertiary/aromatic N) is 1. The van der Waals surface area contributed by atoms with Crippen LogP contribution >= 0.6 is 0 Å². The van der Waals surface area contributed by atoms with E-state index in [-0.39, 0.29) is 11.8 Å². The van der Waals surface area contributed by atoms with Crippen molar-refractivity contribution in [2.24, 2.45) is 23.7 Å². The lowest BCUT2D eigenvalue weighted by Gasteiger charge is -2.36. The lowest BCUT2D eigenvalue weighted by Crippen LogP contribution is -2.50. The number of carbonyl (C=O) groups is 2. The lowest BCUT2D eigenvalue weighted by atomic mass is 9.91. The van der Waals surface area contributed by atoms with Crippen LogP contribution in [-0.2, 0) is 9.59 Å². The molecule has 3 rings (SSSR count). The summed E-state index contributed by atoms with van der Waals surface area (Å²) < 4.78 is 0. The van der Waals surface area contributed by atoms with Crippen molar-refractivity contribution in [2.75, 3.05) is 6.54 Å². The van der Waals surface area contributed by atoms with Gasteiger partial charge in [0.1, 0.15) is 6.04 Å². The number of piperidine rings is 1. The van der Waals surface area contributed by atoms with Crippen molar-refractivity contribution in [3.8, 4) is 0 Å². The second-order valence-electron chi connectivity index (χ2n) is 6.30. The highest BCUT2D eigenvalue weighted by atomic mass is 16.4. The Morgan fingerprint density at radius 3 is 2.44 bits per heavy atom. The van der Waals surface area contributed by atoms with E-state index in [1.165, 1.54) is 19.3 Å². The van der Waals surface area contributed by atoms with Gasteiger partial charge < -0.3 is 10.0 Å². The molecule has 0 bridgehead atoms. The molecule has 0 aromatic carbocycles. The van der Waals surface area contributed by atoms with Crippen LogP contribution in [0.25, 0.3) is 0 Å². The predicted octanol–water partition coefficient (Wildman–Crippen LogP) is 1.74. The Kier molecular flexibility index (Phi) is 2.83. The van der Waals surface area contributed by atoms with Crippen molar-refractivity contribution >= 4 is 11.9 Å². The molecule has 2 aliphatic carbocycles. The fraction of sp³-hybridized carbons (Fsp3) is 0.857. The maximum absolute atomic E-state index is 12.5. The van der Waals surface area contributed by atoms with Crippen molar-refractivity contribution in [2.45, 2.75) is 45.1 Å². The fourth-order valence-electron chi connectivity index (χ4n) is 4.02. The molecule has 3 aliphatic rings. The molecule has 4 nitrogen and oxygen atoms in total. The van der Waals surface area contributed by atoms with Crippen LogP contribution in [0.2, 0.25) is 0 Å². The van der Waals surface area contributed by atoms with E-state index in [4.69, 9.17) is 0 Å². The first-order valence-electron chi connectivity index (χ1n) is 7.13. The van der Waals surface area contributed by atoms with E-state index >= 15 is 0 Å². The molecular formula is C14H21NO3. The fourth-order valence-corrected chi connectivity index (χ4v) is 4.02. The van der Waals surface area contributed by atoms with Gasteiger partial charge in [0.2, 0.25) is 5.91 Å². The van der Waals surface area contributed by atoms with Crippen molar-refractivity contribution in [3.05, 3.63) is 0 Å². The lowest BCUT2D eigenvalue weighted by molar-refractivity contribution is -0.154. The van der Waals surface area contributed by atoms with Crippen LogP contribution in [0.1, 0.15) is 39.0 Å². The number of amides is 1. The summed E-state index contributed by atoms with van der Waals surface area (Å²) in [5.41, 5.74) is 0. The minimum atomic E-state index is -0.833. The largest absolute Gasteiger partial charge is 0.480 e. The summed E-state index contributed by atoms with van der Waals surface area (Å²) in [6.07, 6.45) is 5.14. The normalized spacial score (nSPS) is 42.5. The van der Waals surface area contributed by atoms with Gasteiger partial charge in [-0.05, 0) is 43.4 Å². The first-order chi connectivity index (χ1) is 8.59. The summed E-state index contributed by atoms with van der Waals surface area (Å²) >= 11 is 0. The zero-order valence-corrected chi connectivity index (χ0v) is 10.8. The van der Waals surface area contributed by atoms with Crippen LogP contribution in [0.4, 0.5) is 0 Å². The predicted molar refractivity (Wildman–Crippen MR) is 65.9 cm³/mol. The molecule has 0 radical (unpaired) electrons. The van der Waals surface area contributed by atoms with Gasteiger partial charge in [0.05, 0.1) is 0 Å². The Morgan fingerprint density at radius 1 is 1.17 bits per heavy atom. The Bertz CT molecular complexity index is 371. The summed E-state index contributed by atoms with van der Waals surface area (Å²) in [7, 11) is 0. The topological polar surface area (TPSA) is 57.6 Å². The van der Waals surface area contributed by atoms with E-state index in [1.54, 1.807) is 4.90 Å². The number of likely N-dealkylation sites (tertiary alicyclic amines) is 1. The summed E-state index contributed by atoms with van der Waals surface area (Å²) in [4.78, 5) is 25.4. The van der Waals surface area contributed by atoms with Crippen molar-refractivity contribution < 1.29 is 14.7 Å². The van der Waals surface area contributed by atoms with Gasteiger partial charge in [0.15, 0.2) is 0 Å². The van der Waals surface area contributed by atoms with Gasteiger partial charge in [-0.15, -0.1) is 0 Å². The van der Waals surface area contributed by atoms with Crippen LogP contribution in [0, 0.1) is 23.7 Å². The van der Waals surface area contributed by atoms with Crippen molar-refractivity contribution in [1.29, 1.82) is 0 Å². The molecule has 3 fully saturated rings. The zero-order chi connectivity index (χ0) is 12.9. The third-order valence-corrected chi connectivity index (χ3v) is 5.12. The number of hydrogen-bond acceptors (Lipinski definition) is 2. The van der Waals surface area contributed by atoms with E-state index in [0.717, 1.165) is 6.42 Å². The first-order valence-corrected chi connectivity index (χ1v) is 7.13. The van der Waals surface area contributed by atoms with E-state index in [2.05, 4.69) is 6.92 Å². The summed E-state index contributed by atoms with van der Waals surface area (Å²) in [5.74, 6) is 1.02. The van der Waals surface area contributed by atoms with Crippen LogP contribution in [0.5, 0.6) is 0 Å². The molecular weight excluding hydrogens is 230 g/mol. The van der Waals surface area contributed by atoms with Crippen molar-refractivity contribution in [1.82, 2.24) is 4.90 Å². The minimum Gasteiger partial charge on any atom is -0.480 e. The molecule has 0 spiro atoms. The number of hydrogen-bond donors (Lipinski definition) is 1. The smallest absolute Gasteiger partial charge is 0.326 e. The average Bonchev–Trinajstić information content (AvgIpc) is 2.81. The third-order valence-electron chi connectivity index (χ3n) is 5.12. The number of carbonyl (C=O) groups excluding carboxylic acids is 1. The molecule has 0 aromatic rings. The molecule has 0 aromatic heterocycles. The minimum absolute atomic E-state index is 0.129. The van der Waals surface area contributed by atoms with Crippen LogP contribution < -0.4 is 0 Å². The molecule has 1 aliphatic heterocycles. The first kappa shape index (κ1) is 12.0. The molecule has 1 N–H and O–H groups in total. The molecule has 1 saturated heterocycles. The van der Waals surface area contributed by atoms with Gasteiger partial charge in [-0.1, -0.05) is 13.3 Å². The van der Waals surface area contributed by atoms with E-state index in [9.17, 15) is 14.7 Å². The number of aliphatic carboxylic acids is 1. The summed E-state index contributed by atoms with van der Waals surface area (Å²) in [5, 5.41) is 9.29. The summed E-state index contributed by atoms with van der Waals surface area (Å²) in [6.45, 7) is 2.70. The molecule has 1 amide bonds. The van der Waals surface area contributed by atoms with E-state index in [1.807, 2.05) is 0 Å². The monoisotopic (exact) mass is 251 g/mol. The Morgan fingerprint density at radius 2 is 1.83 bits per heavy atom. The van der Waals surface area contributed by atoms with Gasteiger partial charge in [0.25, 0.3) is 0 Å². The molecule has 4 heteroatoms. The van der Waals surface area contributed by atoms with Crippen LogP contribution in [0.3, 0.4) is 0 Å². The SMILES string of the molecule is CC1CCN(C(=O)C2C3CCCC32)C(C(=O)O)C1. The maximum atomic E-state index is 12.5. The van der Waals surface area contributed by atoms with Gasteiger partial charge in [-0.3, -0.25) is 4.79 Å². The number of fused-ring (bicyclic) bond motifs is 1. The number of carboxylic acid groups (broad SMARTS) is 1. The highest BCUT2D eigenvalue weighted by Gasteiger charge is 2.58. The molecule has 4 unspecified atom stereocenters. The van der Waals surface area contributed by atoms with E-state index in [0.29, 0.717) is 30.7 Å². The standard InChI is InChI=1S/C14H21NO3/c1-8-5-6-15(11(7-8)14(17)18)13(16)12-9-3-2-4-10(9)12/h8-12H,2-7H2,1H3,(H,17,18). The Balaban J connectivity index is 1.70. The number of carboxylic acids is 1. The second-order valence-corrected chi connectivity index (χ2v) is 6.30. The number of rotatable bonds is 2. The Hall–Kier alpha value is -1.06. The third kappa shape index (κ3) is 1.82.